The summed E-state index contributed by atoms with van der Waals surface area (Å²) in [5.74, 6) is 0.503. The number of pyridine rings is 1. The molecule has 0 radical (unpaired) electrons. The molecule has 3 aromatic rings. The highest BCUT2D eigenvalue weighted by Crippen LogP contribution is 2.31. The van der Waals surface area contributed by atoms with Crippen LogP contribution in [0.2, 0.25) is 0 Å². The van der Waals surface area contributed by atoms with E-state index in [4.69, 9.17) is 4.98 Å². The van der Waals surface area contributed by atoms with Crippen molar-refractivity contribution >= 4 is 38.2 Å². The van der Waals surface area contributed by atoms with Gasteiger partial charge in [0.05, 0.1) is 21.9 Å². The van der Waals surface area contributed by atoms with Gasteiger partial charge in [0.25, 0.3) is 0 Å². The topological polar surface area (TPSA) is 79.4 Å². The second-order valence-corrected chi connectivity index (χ2v) is 9.16. The van der Waals surface area contributed by atoms with Gasteiger partial charge in [-0.15, -0.1) is 0 Å². The van der Waals surface area contributed by atoms with E-state index in [1.54, 1.807) is 12.1 Å². The Morgan fingerprint density at radius 2 is 1.93 bits per heavy atom. The molecule has 0 atom stereocenters. The largest absolute Gasteiger partial charge is 0.351 e. The molecule has 7 heteroatoms. The number of fused-ring (bicyclic) bond motifs is 2. The monoisotopic (exact) mass is 395 g/mol. The fourth-order valence-corrected chi connectivity index (χ4v) is 5.04. The van der Waals surface area contributed by atoms with Crippen molar-refractivity contribution in [1.29, 1.82) is 0 Å². The SMILES string of the molecule is CC(=O)Nc1cc(N2CCS(=O)(=O)c3ccccc3C2)nc2ccc(C)cc12. The predicted octanol–water partition coefficient (Wildman–Crippen LogP) is 3.30. The molecule has 1 aliphatic rings. The van der Waals surface area contributed by atoms with E-state index in [0.29, 0.717) is 29.5 Å². The molecule has 6 nitrogen and oxygen atoms in total. The van der Waals surface area contributed by atoms with Crippen molar-refractivity contribution in [2.24, 2.45) is 0 Å². The van der Waals surface area contributed by atoms with Gasteiger partial charge in [0.2, 0.25) is 5.91 Å². The molecule has 0 fully saturated rings. The van der Waals surface area contributed by atoms with Crippen LogP contribution in [-0.2, 0) is 21.2 Å². The highest BCUT2D eigenvalue weighted by molar-refractivity contribution is 7.91. The number of nitrogens with zero attached hydrogens (tertiary/aromatic N) is 2. The first-order chi connectivity index (χ1) is 13.3. The molecule has 0 aliphatic carbocycles. The number of benzene rings is 2. The maximum absolute atomic E-state index is 12.6. The second kappa shape index (κ2) is 6.91. The fraction of sp³-hybridized carbons (Fsp3) is 0.238. The maximum atomic E-state index is 12.6. The third kappa shape index (κ3) is 3.45. The first kappa shape index (κ1) is 18.4. The zero-order chi connectivity index (χ0) is 19.9. The summed E-state index contributed by atoms with van der Waals surface area (Å²) in [6, 6.07) is 14.8. The number of sulfone groups is 1. The number of amides is 1. The van der Waals surface area contributed by atoms with Gasteiger partial charge >= 0.3 is 0 Å². The van der Waals surface area contributed by atoms with Gasteiger partial charge in [-0.2, -0.15) is 0 Å². The lowest BCUT2D eigenvalue weighted by molar-refractivity contribution is -0.114. The van der Waals surface area contributed by atoms with Crippen LogP contribution in [0.25, 0.3) is 10.9 Å². The van der Waals surface area contributed by atoms with Crippen LogP contribution in [-0.4, -0.2) is 31.6 Å². The van der Waals surface area contributed by atoms with Crippen LogP contribution in [0.5, 0.6) is 0 Å². The normalized spacial score (nSPS) is 15.7. The minimum Gasteiger partial charge on any atom is -0.351 e. The van der Waals surface area contributed by atoms with Crippen LogP contribution in [0.4, 0.5) is 11.5 Å². The first-order valence-electron chi connectivity index (χ1n) is 9.08. The molecule has 1 aromatic heterocycles. The van der Waals surface area contributed by atoms with Gasteiger partial charge in [0.1, 0.15) is 5.82 Å². The summed E-state index contributed by atoms with van der Waals surface area (Å²) in [6.45, 7) is 4.23. The van der Waals surface area contributed by atoms with E-state index < -0.39 is 9.84 Å². The predicted molar refractivity (Wildman–Crippen MR) is 110 cm³/mol. The van der Waals surface area contributed by atoms with E-state index >= 15 is 0 Å². The van der Waals surface area contributed by atoms with Gasteiger partial charge in [0.15, 0.2) is 9.84 Å². The Labute approximate surface area is 164 Å². The van der Waals surface area contributed by atoms with E-state index in [0.717, 1.165) is 22.0 Å². The third-order valence-electron chi connectivity index (χ3n) is 4.88. The Kier molecular flexibility index (Phi) is 4.55. The van der Waals surface area contributed by atoms with Gasteiger partial charge in [-0.05, 0) is 30.7 Å². The smallest absolute Gasteiger partial charge is 0.221 e. The summed E-state index contributed by atoms with van der Waals surface area (Å²) in [4.78, 5) is 18.8. The van der Waals surface area contributed by atoms with Crippen molar-refractivity contribution in [1.82, 2.24) is 4.98 Å². The summed E-state index contributed by atoms with van der Waals surface area (Å²) in [5.41, 5.74) is 3.26. The van der Waals surface area contributed by atoms with E-state index in [1.165, 1.54) is 6.92 Å². The second-order valence-electron chi connectivity index (χ2n) is 7.08. The zero-order valence-electron chi connectivity index (χ0n) is 15.8. The van der Waals surface area contributed by atoms with Crippen molar-refractivity contribution in [3.05, 3.63) is 59.7 Å². The first-order valence-corrected chi connectivity index (χ1v) is 10.7. The molecule has 0 saturated heterocycles. The molecule has 1 N–H and O–H groups in total. The van der Waals surface area contributed by atoms with Crippen molar-refractivity contribution in [2.75, 3.05) is 22.5 Å². The Morgan fingerprint density at radius 3 is 2.71 bits per heavy atom. The van der Waals surface area contributed by atoms with E-state index in [-0.39, 0.29) is 11.7 Å². The molecule has 2 aromatic carbocycles. The van der Waals surface area contributed by atoms with Crippen molar-refractivity contribution in [2.45, 2.75) is 25.3 Å². The molecule has 4 rings (SSSR count). The summed E-state index contributed by atoms with van der Waals surface area (Å²) in [6.07, 6.45) is 0. The number of rotatable bonds is 2. The lowest BCUT2D eigenvalue weighted by atomic mass is 10.1. The maximum Gasteiger partial charge on any atom is 0.221 e. The Bertz CT molecular complexity index is 1190. The van der Waals surface area contributed by atoms with Crippen LogP contribution in [0.1, 0.15) is 18.1 Å². The Morgan fingerprint density at radius 1 is 1.14 bits per heavy atom. The number of anilines is 2. The lowest BCUT2D eigenvalue weighted by Crippen LogP contribution is -2.26. The molecule has 0 saturated carbocycles. The van der Waals surface area contributed by atoms with Gasteiger partial charge < -0.3 is 10.2 Å². The summed E-state index contributed by atoms with van der Waals surface area (Å²) >= 11 is 0. The molecule has 1 amide bonds. The molecule has 1 aliphatic heterocycles. The van der Waals surface area contributed by atoms with Gasteiger partial charge in [-0.1, -0.05) is 29.8 Å². The number of carbonyl (C=O) groups excluding carboxylic acids is 1. The molecular formula is C21H21N3O3S. The summed E-state index contributed by atoms with van der Waals surface area (Å²) in [7, 11) is -3.34. The average Bonchev–Trinajstić information content (AvgIpc) is 2.78. The van der Waals surface area contributed by atoms with Gasteiger partial charge in [-0.3, -0.25) is 4.79 Å². The Hall–Kier alpha value is -2.93. The van der Waals surface area contributed by atoms with Crippen molar-refractivity contribution in [3.63, 3.8) is 0 Å². The number of nitrogens with one attached hydrogen (secondary N) is 1. The number of carbonyl (C=O) groups is 1. The minimum absolute atomic E-state index is 0.0209. The summed E-state index contributed by atoms with van der Waals surface area (Å²) < 4.78 is 25.3. The highest BCUT2D eigenvalue weighted by atomic mass is 32.2. The van der Waals surface area contributed by atoms with Gasteiger partial charge in [-0.25, -0.2) is 13.4 Å². The van der Waals surface area contributed by atoms with Crippen LogP contribution < -0.4 is 10.2 Å². The molecule has 0 spiro atoms. The third-order valence-corrected chi connectivity index (χ3v) is 6.67. The zero-order valence-corrected chi connectivity index (χ0v) is 16.6. The minimum atomic E-state index is -3.34. The van der Waals surface area contributed by atoms with Crippen LogP contribution >= 0.6 is 0 Å². The lowest BCUT2D eigenvalue weighted by Gasteiger charge is -2.23. The Balaban J connectivity index is 1.83. The standard InChI is InChI=1S/C21H21N3O3S/c1-14-7-8-18-17(11-14)19(22-15(2)25)12-21(23-18)24-9-10-28(26,27)20-6-4-3-5-16(20)13-24/h3-8,11-12H,9-10,13H2,1-2H3,(H,22,23,25). The van der Waals surface area contributed by atoms with Crippen molar-refractivity contribution in [3.8, 4) is 0 Å². The molecule has 144 valence electrons. The quantitative estimate of drug-likeness (QED) is 0.720. The number of aromatic nitrogens is 1. The van der Waals surface area contributed by atoms with Crippen LogP contribution in [0.15, 0.2) is 53.4 Å². The molecule has 2 heterocycles. The van der Waals surface area contributed by atoms with Gasteiger partial charge in [0, 0.05) is 31.5 Å². The van der Waals surface area contributed by atoms with E-state index in [9.17, 15) is 13.2 Å². The highest BCUT2D eigenvalue weighted by Gasteiger charge is 2.26. The van der Waals surface area contributed by atoms with Crippen molar-refractivity contribution < 1.29 is 13.2 Å². The van der Waals surface area contributed by atoms with Crippen LogP contribution in [0.3, 0.4) is 0 Å². The fourth-order valence-electron chi connectivity index (χ4n) is 3.54. The van der Waals surface area contributed by atoms with Crippen LogP contribution in [0, 0.1) is 6.92 Å². The molecular weight excluding hydrogens is 374 g/mol. The molecule has 28 heavy (non-hydrogen) atoms. The summed E-state index contributed by atoms with van der Waals surface area (Å²) in [5, 5.41) is 3.74. The van der Waals surface area contributed by atoms with E-state index in [1.807, 2.05) is 48.2 Å². The average molecular weight is 395 g/mol. The number of hydrogen-bond donors (Lipinski definition) is 1. The number of hydrogen-bond acceptors (Lipinski definition) is 5. The molecule has 0 bridgehead atoms. The molecule has 0 unspecified atom stereocenters. The van der Waals surface area contributed by atoms with E-state index in [2.05, 4.69) is 5.32 Å². The number of aryl methyl sites for hydroxylation is 1.